The number of ether oxygens (including phenoxy) is 1. The standard InChI is InChI=1S/C11H14N2O6/c1-11(16,10(14)15)6-12-7-3-4-8(13(17)18)9(5-7)19-2/h3-5,12,16H,6H2,1-2H3,(H,14,15). The van der Waals surface area contributed by atoms with E-state index in [0.29, 0.717) is 5.69 Å². The molecule has 1 unspecified atom stereocenters. The molecular weight excluding hydrogens is 256 g/mol. The second kappa shape index (κ2) is 5.53. The molecule has 3 N–H and O–H groups in total. The maximum atomic E-state index is 10.7. The van der Waals surface area contributed by atoms with Crippen LogP contribution in [0.4, 0.5) is 11.4 Å². The molecule has 104 valence electrons. The Hall–Kier alpha value is -2.35. The van der Waals surface area contributed by atoms with Gasteiger partial charge in [0.05, 0.1) is 18.6 Å². The van der Waals surface area contributed by atoms with Gasteiger partial charge in [0.2, 0.25) is 0 Å². The average Bonchev–Trinajstić information content (AvgIpc) is 2.35. The predicted octanol–water partition coefficient (Wildman–Crippen LogP) is 0.851. The van der Waals surface area contributed by atoms with Gasteiger partial charge in [-0.15, -0.1) is 0 Å². The van der Waals surface area contributed by atoms with Gasteiger partial charge in [-0.2, -0.15) is 0 Å². The molecule has 8 nitrogen and oxygen atoms in total. The first-order chi connectivity index (χ1) is 8.77. The number of aliphatic hydroxyl groups is 1. The highest BCUT2D eigenvalue weighted by Gasteiger charge is 2.29. The van der Waals surface area contributed by atoms with Crippen LogP contribution >= 0.6 is 0 Å². The Labute approximate surface area is 108 Å². The van der Waals surface area contributed by atoms with Crippen molar-refractivity contribution in [3.8, 4) is 5.75 Å². The Kier molecular flexibility index (Phi) is 4.28. The van der Waals surface area contributed by atoms with Crippen molar-refractivity contribution < 1.29 is 24.7 Å². The van der Waals surface area contributed by atoms with Crippen molar-refractivity contribution in [3.63, 3.8) is 0 Å². The van der Waals surface area contributed by atoms with Crippen LogP contribution in [0.5, 0.6) is 5.75 Å². The van der Waals surface area contributed by atoms with Crippen molar-refractivity contribution in [3.05, 3.63) is 28.3 Å². The zero-order valence-corrected chi connectivity index (χ0v) is 10.4. The van der Waals surface area contributed by atoms with E-state index in [0.717, 1.165) is 6.92 Å². The topological polar surface area (TPSA) is 122 Å². The van der Waals surface area contributed by atoms with E-state index >= 15 is 0 Å². The number of benzene rings is 1. The third-order valence-corrected chi connectivity index (χ3v) is 2.47. The summed E-state index contributed by atoms with van der Waals surface area (Å²) in [6.07, 6.45) is 0. The molecule has 0 saturated carbocycles. The molecule has 0 amide bonds. The van der Waals surface area contributed by atoms with Gasteiger partial charge in [-0.25, -0.2) is 4.79 Å². The molecule has 0 spiro atoms. The van der Waals surface area contributed by atoms with Gasteiger partial charge in [0.1, 0.15) is 0 Å². The molecule has 0 radical (unpaired) electrons. The van der Waals surface area contributed by atoms with Crippen LogP contribution in [0.25, 0.3) is 0 Å². The summed E-state index contributed by atoms with van der Waals surface area (Å²) in [7, 11) is 1.29. The van der Waals surface area contributed by atoms with Crippen molar-refractivity contribution in [2.75, 3.05) is 19.0 Å². The molecule has 8 heteroatoms. The van der Waals surface area contributed by atoms with E-state index in [4.69, 9.17) is 9.84 Å². The van der Waals surface area contributed by atoms with Crippen LogP contribution in [-0.4, -0.2) is 40.4 Å². The monoisotopic (exact) mass is 270 g/mol. The third kappa shape index (κ3) is 3.55. The van der Waals surface area contributed by atoms with Gasteiger partial charge in [0.15, 0.2) is 11.4 Å². The molecule has 0 bridgehead atoms. The highest BCUT2D eigenvalue weighted by Crippen LogP contribution is 2.29. The van der Waals surface area contributed by atoms with Crippen molar-refractivity contribution in [2.24, 2.45) is 0 Å². The van der Waals surface area contributed by atoms with Gasteiger partial charge < -0.3 is 20.3 Å². The van der Waals surface area contributed by atoms with Crippen LogP contribution in [0.3, 0.4) is 0 Å². The number of hydrogen-bond acceptors (Lipinski definition) is 6. The second-order valence-corrected chi connectivity index (χ2v) is 4.08. The lowest BCUT2D eigenvalue weighted by Crippen LogP contribution is -2.41. The maximum absolute atomic E-state index is 10.7. The quantitative estimate of drug-likeness (QED) is 0.517. The van der Waals surface area contributed by atoms with Crippen molar-refractivity contribution in [1.29, 1.82) is 0 Å². The summed E-state index contributed by atoms with van der Waals surface area (Å²) in [5, 5.41) is 31.6. The first-order valence-electron chi connectivity index (χ1n) is 5.30. The lowest BCUT2D eigenvalue weighted by Gasteiger charge is -2.19. The minimum Gasteiger partial charge on any atom is -0.490 e. The number of nitrogens with zero attached hydrogens (tertiary/aromatic N) is 1. The summed E-state index contributed by atoms with van der Waals surface area (Å²) in [6, 6.07) is 3.99. The molecular formula is C11H14N2O6. The van der Waals surface area contributed by atoms with Crippen molar-refractivity contribution in [2.45, 2.75) is 12.5 Å². The van der Waals surface area contributed by atoms with E-state index in [1.54, 1.807) is 0 Å². The van der Waals surface area contributed by atoms with Gasteiger partial charge in [-0.05, 0) is 13.0 Å². The molecule has 19 heavy (non-hydrogen) atoms. The molecule has 1 rings (SSSR count). The highest BCUT2D eigenvalue weighted by molar-refractivity contribution is 5.77. The largest absolute Gasteiger partial charge is 0.490 e. The van der Waals surface area contributed by atoms with Crippen LogP contribution in [0.15, 0.2) is 18.2 Å². The number of anilines is 1. The van der Waals surface area contributed by atoms with Crippen LogP contribution in [0, 0.1) is 10.1 Å². The fourth-order valence-electron chi connectivity index (χ4n) is 1.29. The van der Waals surface area contributed by atoms with E-state index in [9.17, 15) is 20.0 Å². The summed E-state index contributed by atoms with van der Waals surface area (Å²) in [4.78, 5) is 20.8. The normalized spacial score (nSPS) is 13.4. The summed E-state index contributed by atoms with van der Waals surface area (Å²) in [5.41, 5.74) is -1.73. The van der Waals surface area contributed by atoms with Gasteiger partial charge in [0.25, 0.3) is 0 Å². The fraction of sp³-hybridized carbons (Fsp3) is 0.364. The molecule has 0 aliphatic heterocycles. The summed E-state index contributed by atoms with van der Waals surface area (Å²) < 4.78 is 4.87. The van der Waals surface area contributed by atoms with Crippen LogP contribution in [0.1, 0.15) is 6.92 Å². The lowest BCUT2D eigenvalue weighted by molar-refractivity contribution is -0.385. The molecule has 0 heterocycles. The molecule has 0 fully saturated rings. The van der Waals surface area contributed by atoms with E-state index < -0.39 is 16.5 Å². The fourth-order valence-corrected chi connectivity index (χ4v) is 1.29. The zero-order valence-electron chi connectivity index (χ0n) is 10.4. The van der Waals surface area contributed by atoms with E-state index in [-0.39, 0.29) is 18.0 Å². The lowest BCUT2D eigenvalue weighted by atomic mass is 10.1. The Balaban J connectivity index is 2.87. The SMILES string of the molecule is COc1cc(NCC(C)(O)C(=O)O)ccc1[N+](=O)[O-]. The van der Waals surface area contributed by atoms with Crippen LogP contribution < -0.4 is 10.1 Å². The van der Waals surface area contributed by atoms with E-state index in [2.05, 4.69) is 5.32 Å². The Morgan fingerprint density at radius 1 is 1.58 bits per heavy atom. The Morgan fingerprint density at radius 3 is 2.68 bits per heavy atom. The molecule has 0 saturated heterocycles. The molecule has 0 aliphatic rings. The summed E-state index contributed by atoms with van der Waals surface area (Å²) in [6.45, 7) is 0.897. The van der Waals surface area contributed by atoms with Gasteiger partial charge in [0, 0.05) is 17.8 Å². The van der Waals surface area contributed by atoms with Crippen molar-refractivity contribution >= 4 is 17.3 Å². The number of carbonyl (C=O) groups is 1. The Morgan fingerprint density at radius 2 is 2.21 bits per heavy atom. The van der Waals surface area contributed by atoms with Gasteiger partial charge in [-0.3, -0.25) is 10.1 Å². The molecule has 1 aromatic rings. The number of aliphatic carboxylic acids is 1. The molecule has 1 aromatic carbocycles. The Bertz CT molecular complexity index is 500. The number of rotatable bonds is 6. The summed E-state index contributed by atoms with van der Waals surface area (Å²) >= 11 is 0. The number of carboxylic acids is 1. The second-order valence-electron chi connectivity index (χ2n) is 4.08. The van der Waals surface area contributed by atoms with E-state index in [1.165, 1.54) is 25.3 Å². The maximum Gasteiger partial charge on any atom is 0.337 e. The number of carboxylic acid groups (broad SMARTS) is 1. The average molecular weight is 270 g/mol. The molecule has 0 aliphatic carbocycles. The minimum absolute atomic E-state index is 0.0463. The smallest absolute Gasteiger partial charge is 0.337 e. The van der Waals surface area contributed by atoms with Gasteiger partial charge in [-0.1, -0.05) is 0 Å². The predicted molar refractivity (Wildman–Crippen MR) is 66.4 cm³/mol. The number of nitro groups is 1. The first kappa shape index (κ1) is 14.7. The van der Waals surface area contributed by atoms with Gasteiger partial charge >= 0.3 is 11.7 Å². The highest BCUT2D eigenvalue weighted by atomic mass is 16.6. The summed E-state index contributed by atoms with van der Waals surface area (Å²) in [5.74, 6) is -1.32. The minimum atomic E-state index is -1.94. The number of hydrogen-bond donors (Lipinski definition) is 3. The molecule has 1 atom stereocenters. The van der Waals surface area contributed by atoms with Crippen molar-refractivity contribution in [1.82, 2.24) is 0 Å². The third-order valence-electron chi connectivity index (χ3n) is 2.47. The molecule has 0 aromatic heterocycles. The number of nitro benzene ring substituents is 1. The zero-order chi connectivity index (χ0) is 14.6. The number of methoxy groups -OCH3 is 1. The number of nitrogens with one attached hydrogen (secondary N) is 1. The first-order valence-corrected chi connectivity index (χ1v) is 5.30. The van der Waals surface area contributed by atoms with Crippen LogP contribution in [0.2, 0.25) is 0 Å². The van der Waals surface area contributed by atoms with Crippen LogP contribution in [-0.2, 0) is 4.79 Å². The van der Waals surface area contributed by atoms with E-state index in [1.807, 2.05) is 0 Å².